The van der Waals surface area contributed by atoms with Crippen molar-refractivity contribution in [3.63, 3.8) is 0 Å². The van der Waals surface area contributed by atoms with Gasteiger partial charge < -0.3 is 4.42 Å². The summed E-state index contributed by atoms with van der Waals surface area (Å²) in [5.41, 5.74) is 1.01. The SMILES string of the molecule is CC(C)(C)n1c(=O)oc2cc(Cl)ccc21. The lowest BCUT2D eigenvalue weighted by molar-refractivity contribution is 0.363. The molecule has 2 rings (SSSR count). The van der Waals surface area contributed by atoms with Crippen LogP contribution in [0.15, 0.2) is 27.4 Å². The highest BCUT2D eigenvalue weighted by Crippen LogP contribution is 2.23. The van der Waals surface area contributed by atoms with E-state index in [4.69, 9.17) is 16.0 Å². The minimum absolute atomic E-state index is 0.295. The first-order valence-electron chi connectivity index (χ1n) is 4.71. The summed E-state index contributed by atoms with van der Waals surface area (Å²) >= 11 is 5.82. The van der Waals surface area contributed by atoms with Gasteiger partial charge in [0.05, 0.1) is 5.52 Å². The average Bonchev–Trinajstić information content (AvgIpc) is 2.38. The molecule has 0 radical (unpaired) electrons. The zero-order valence-electron chi connectivity index (χ0n) is 8.87. The molecule has 1 aromatic heterocycles. The van der Waals surface area contributed by atoms with Gasteiger partial charge in [0, 0.05) is 16.6 Å². The Morgan fingerprint density at radius 2 is 2.00 bits per heavy atom. The van der Waals surface area contributed by atoms with Gasteiger partial charge in [-0.3, -0.25) is 4.57 Å². The summed E-state index contributed by atoms with van der Waals surface area (Å²) in [7, 11) is 0. The molecule has 0 bridgehead atoms. The first kappa shape index (κ1) is 10.3. The lowest BCUT2D eigenvalue weighted by Gasteiger charge is -2.19. The van der Waals surface area contributed by atoms with E-state index in [1.807, 2.05) is 20.8 Å². The van der Waals surface area contributed by atoms with Crippen LogP contribution in [0.5, 0.6) is 0 Å². The third-order valence-corrected chi connectivity index (χ3v) is 2.45. The van der Waals surface area contributed by atoms with E-state index < -0.39 is 0 Å². The molecule has 0 unspecified atom stereocenters. The maximum Gasteiger partial charge on any atom is 0.420 e. The fourth-order valence-electron chi connectivity index (χ4n) is 1.63. The predicted molar refractivity (Wildman–Crippen MR) is 60.5 cm³/mol. The molecule has 1 heterocycles. The van der Waals surface area contributed by atoms with Crippen LogP contribution < -0.4 is 5.76 Å². The van der Waals surface area contributed by atoms with E-state index in [2.05, 4.69) is 0 Å². The summed E-state index contributed by atoms with van der Waals surface area (Å²) < 4.78 is 6.75. The van der Waals surface area contributed by atoms with Gasteiger partial charge in [-0.05, 0) is 32.9 Å². The Balaban J connectivity index is 2.86. The monoisotopic (exact) mass is 225 g/mol. The number of hydrogen-bond acceptors (Lipinski definition) is 2. The van der Waals surface area contributed by atoms with Gasteiger partial charge in [0.25, 0.3) is 0 Å². The van der Waals surface area contributed by atoms with Gasteiger partial charge in [-0.15, -0.1) is 0 Å². The van der Waals surface area contributed by atoms with Gasteiger partial charge >= 0.3 is 5.76 Å². The molecular weight excluding hydrogens is 214 g/mol. The first-order chi connectivity index (χ1) is 6.89. The zero-order chi connectivity index (χ0) is 11.2. The van der Waals surface area contributed by atoms with E-state index in [0.29, 0.717) is 10.6 Å². The third kappa shape index (κ3) is 1.67. The Bertz CT molecular complexity index is 560. The summed E-state index contributed by atoms with van der Waals surface area (Å²) in [5, 5.41) is 0.567. The predicted octanol–water partition coefficient (Wildman–Crippen LogP) is 3.00. The Morgan fingerprint density at radius 1 is 1.33 bits per heavy atom. The molecule has 0 saturated carbocycles. The van der Waals surface area contributed by atoms with E-state index >= 15 is 0 Å². The highest BCUT2D eigenvalue weighted by atomic mass is 35.5. The van der Waals surface area contributed by atoms with Crippen molar-refractivity contribution in [3.05, 3.63) is 33.8 Å². The molecule has 0 N–H and O–H groups in total. The van der Waals surface area contributed by atoms with Crippen molar-refractivity contribution < 1.29 is 4.42 Å². The minimum atomic E-state index is -0.347. The molecule has 0 spiro atoms. The second kappa shape index (κ2) is 3.14. The lowest BCUT2D eigenvalue weighted by Crippen LogP contribution is -2.30. The number of rotatable bonds is 0. The summed E-state index contributed by atoms with van der Waals surface area (Å²) in [4.78, 5) is 11.6. The van der Waals surface area contributed by atoms with Crippen molar-refractivity contribution in [1.82, 2.24) is 4.57 Å². The molecular formula is C11H12ClNO2. The Labute approximate surface area is 92.3 Å². The van der Waals surface area contributed by atoms with E-state index in [-0.39, 0.29) is 11.3 Å². The number of halogens is 1. The summed E-state index contributed by atoms with van der Waals surface area (Å²) in [6, 6.07) is 5.20. The molecule has 3 nitrogen and oxygen atoms in total. The zero-order valence-corrected chi connectivity index (χ0v) is 9.63. The quantitative estimate of drug-likeness (QED) is 0.691. The van der Waals surface area contributed by atoms with Crippen LogP contribution in [0, 0.1) is 0 Å². The van der Waals surface area contributed by atoms with Crippen molar-refractivity contribution in [1.29, 1.82) is 0 Å². The topological polar surface area (TPSA) is 35.1 Å². The van der Waals surface area contributed by atoms with Crippen molar-refractivity contribution in [2.45, 2.75) is 26.3 Å². The fourth-order valence-corrected chi connectivity index (χ4v) is 1.79. The third-order valence-electron chi connectivity index (χ3n) is 2.21. The van der Waals surface area contributed by atoms with Crippen LogP contribution in [0.25, 0.3) is 11.1 Å². The normalized spacial score (nSPS) is 12.3. The van der Waals surface area contributed by atoms with Gasteiger partial charge in [-0.2, -0.15) is 0 Å². The van der Waals surface area contributed by atoms with Crippen molar-refractivity contribution in [2.75, 3.05) is 0 Å². The summed E-state index contributed by atoms with van der Waals surface area (Å²) in [6.07, 6.45) is 0. The summed E-state index contributed by atoms with van der Waals surface area (Å²) in [5.74, 6) is -0.347. The second-order valence-corrected chi connectivity index (χ2v) is 4.92. The molecule has 0 aliphatic rings. The van der Waals surface area contributed by atoms with E-state index in [0.717, 1.165) is 5.52 Å². The van der Waals surface area contributed by atoms with E-state index in [1.54, 1.807) is 22.8 Å². The molecule has 0 aliphatic heterocycles. The Hall–Kier alpha value is -1.22. The van der Waals surface area contributed by atoms with Crippen molar-refractivity contribution in [3.8, 4) is 0 Å². The maximum atomic E-state index is 11.6. The van der Waals surface area contributed by atoms with Gasteiger partial charge in [0.1, 0.15) is 0 Å². The van der Waals surface area contributed by atoms with Crippen LogP contribution in [-0.2, 0) is 5.54 Å². The molecule has 15 heavy (non-hydrogen) atoms. The molecule has 80 valence electrons. The van der Waals surface area contributed by atoms with Gasteiger partial charge in [-0.25, -0.2) is 4.79 Å². The Kier molecular flexibility index (Phi) is 2.15. The Morgan fingerprint density at radius 3 is 2.60 bits per heavy atom. The first-order valence-corrected chi connectivity index (χ1v) is 5.09. The highest BCUT2D eigenvalue weighted by Gasteiger charge is 2.20. The molecule has 4 heteroatoms. The highest BCUT2D eigenvalue weighted by molar-refractivity contribution is 6.31. The molecule has 0 aliphatic carbocycles. The van der Waals surface area contributed by atoms with Gasteiger partial charge in [0.2, 0.25) is 0 Å². The number of fused-ring (bicyclic) bond motifs is 1. The van der Waals surface area contributed by atoms with Crippen LogP contribution in [0.1, 0.15) is 20.8 Å². The number of aromatic nitrogens is 1. The largest absolute Gasteiger partial charge is 0.420 e. The molecule has 0 atom stereocenters. The van der Waals surface area contributed by atoms with E-state index in [9.17, 15) is 4.79 Å². The van der Waals surface area contributed by atoms with Crippen molar-refractivity contribution in [2.24, 2.45) is 0 Å². The minimum Gasteiger partial charge on any atom is -0.408 e. The smallest absolute Gasteiger partial charge is 0.408 e. The van der Waals surface area contributed by atoms with Crippen molar-refractivity contribution >= 4 is 22.7 Å². The van der Waals surface area contributed by atoms with Crippen LogP contribution >= 0.6 is 11.6 Å². The van der Waals surface area contributed by atoms with Crippen LogP contribution in [0.3, 0.4) is 0 Å². The van der Waals surface area contributed by atoms with E-state index in [1.165, 1.54) is 0 Å². The van der Waals surface area contributed by atoms with Crippen LogP contribution in [0.4, 0.5) is 0 Å². The average molecular weight is 226 g/mol. The maximum absolute atomic E-state index is 11.6. The number of benzene rings is 1. The number of oxazole rings is 1. The van der Waals surface area contributed by atoms with Gasteiger partial charge in [-0.1, -0.05) is 11.6 Å². The van der Waals surface area contributed by atoms with Crippen LogP contribution in [0.2, 0.25) is 5.02 Å². The second-order valence-electron chi connectivity index (χ2n) is 4.49. The fraction of sp³-hybridized carbons (Fsp3) is 0.364. The molecule has 2 aromatic rings. The molecule has 1 aromatic carbocycles. The molecule has 0 saturated heterocycles. The summed E-state index contributed by atoms with van der Waals surface area (Å²) in [6.45, 7) is 5.87. The molecule has 0 amide bonds. The number of nitrogens with zero attached hydrogens (tertiary/aromatic N) is 1. The number of hydrogen-bond donors (Lipinski definition) is 0. The van der Waals surface area contributed by atoms with Gasteiger partial charge in [0.15, 0.2) is 5.58 Å². The molecule has 0 fully saturated rings. The van der Waals surface area contributed by atoms with Crippen LogP contribution in [-0.4, -0.2) is 4.57 Å². The standard InChI is InChI=1S/C11H12ClNO2/c1-11(2,3)13-8-5-4-7(12)6-9(8)15-10(13)14/h4-6H,1-3H3. The lowest BCUT2D eigenvalue weighted by atomic mass is 10.1.